The Labute approximate surface area is 100 Å². The van der Waals surface area contributed by atoms with Crippen LogP contribution in [-0.4, -0.2) is 41.2 Å². The Morgan fingerprint density at radius 2 is 1.81 bits per heavy atom. The van der Waals surface area contributed by atoms with Crippen molar-refractivity contribution in [1.82, 2.24) is 4.90 Å². The summed E-state index contributed by atoms with van der Waals surface area (Å²) in [6, 6.07) is 0. The van der Waals surface area contributed by atoms with Gasteiger partial charge in [0.25, 0.3) is 0 Å². The number of alkyl halides is 4. The normalized spacial score (nSPS) is 11.7. The minimum Gasteiger partial charge on any atom is -0.327 e. The zero-order valence-electron chi connectivity index (χ0n) is 8.97. The maximum absolute atomic E-state index is 12.2. The first-order chi connectivity index (χ1) is 7.18. The van der Waals surface area contributed by atoms with E-state index in [1.807, 2.05) is 0 Å². The third kappa shape index (κ3) is 5.48. The average Bonchev–Trinajstić information content (AvgIpc) is 2.13. The lowest BCUT2D eigenvalue weighted by molar-refractivity contribution is -0.186. The molecule has 0 unspecified atom stereocenters. The van der Waals surface area contributed by atoms with E-state index >= 15 is 0 Å². The Kier molecular flexibility index (Phi) is 5.99. The van der Waals surface area contributed by atoms with Crippen LogP contribution >= 0.6 is 15.9 Å². The van der Waals surface area contributed by atoms with E-state index in [1.54, 1.807) is 13.8 Å². The van der Waals surface area contributed by atoms with Crippen molar-refractivity contribution >= 4 is 27.6 Å². The van der Waals surface area contributed by atoms with Crippen LogP contribution < -0.4 is 0 Å². The fourth-order valence-corrected chi connectivity index (χ4v) is 1.27. The summed E-state index contributed by atoms with van der Waals surface area (Å²) < 4.78 is 36.6. The maximum Gasteiger partial charge on any atom is 0.471 e. The molecule has 0 aliphatic carbocycles. The van der Waals surface area contributed by atoms with Crippen LogP contribution in [0.1, 0.15) is 13.8 Å². The number of hydrogen-bond donors (Lipinski definition) is 0. The molecule has 0 N–H and O–H groups in total. The second-order valence-corrected chi connectivity index (χ2v) is 4.31. The highest BCUT2D eigenvalue weighted by molar-refractivity contribution is 9.09. The van der Waals surface area contributed by atoms with Gasteiger partial charge in [-0.05, 0) is 5.92 Å². The van der Waals surface area contributed by atoms with Gasteiger partial charge >= 0.3 is 12.1 Å². The minimum atomic E-state index is -4.93. The summed E-state index contributed by atoms with van der Waals surface area (Å²) in [7, 11) is 0. The number of hydrogen-bond acceptors (Lipinski definition) is 2. The molecule has 94 valence electrons. The number of carbonyl (C=O) groups excluding carboxylic acids is 2. The van der Waals surface area contributed by atoms with Gasteiger partial charge < -0.3 is 4.90 Å². The van der Waals surface area contributed by atoms with Crippen molar-refractivity contribution in [1.29, 1.82) is 0 Å². The van der Waals surface area contributed by atoms with Gasteiger partial charge in [0.05, 0.1) is 11.9 Å². The molecule has 0 spiro atoms. The highest BCUT2D eigenvalue weighted by atomic mass is 79.9. The summed E-state index contributed by atoms with van der Waals surface area (Å²) in [5.41, 5.74) is 0. The smallest absolute Gasteiger partial charge is 0.327 e. The summed E-state index contributed by atoms with van der Waals surface area (Å²) in [6.45, 7) is 2.75. The van der Waals surface area contributed by atoms with Crippen LogP contribution in [-0.2, 0) is 9.59 Å². The van der Waals surface area contributed by atoms with Crippen LogP contribution in [0.3, 0.4) is 0 Å². The van der Waals surface area contributed by atoms with Gasteiger partial charge in [0.15, 0.2) is 5.78 Å². The summed E-state index contributed by atoms with van der Waals surface area (Å²) >= 11 is 2.84. The molecule has 0 rings (SSSR count). The fourth-order valence-electron chi connectivity index (χ4n) is 1.09. The summed E-state index contributed by atoms with van der Waals surface area (Å²) in [5.74, 6) is -2.55. The zero-order valence-corrected chi connectivity index (χ0v) is 10.6. The van der Waals surface area contributed by atoms with Gasteiger partial charge in [-0.3, -0.25) is 9.59 Å². The lowest BCUT2D eigenvalue weighted by Gasteiger charge is -2.24. The molecule has 0 aliphatic heterocycles. The van der Waals surface area contributed by atoms with Crippen LogP contribution in [0.25, 0.3) is 0 Å². The maximum atomic E-state index is 12.2. The molecule has 0 aromatic heterocycles. The molecule has 0 atom stereocenters. The molecule has 0 fully saturated rings. The predicted octanol–water partition coefficient (Wildman–Crippen LogP) is 2.00. The quantitative estimate of drug-likeness (QED) is 0.729. The van der Waals surface area contributed by atoms with Gasteiger partial charge in [-0.2, -0.15) is 13.2 Å². The Balaban J connectivity index is 4.67. The van der Waals surface area contributed by atoms with Gasteiger partial charge in [0.1, 0.15) is 0 Å². The summed E-state index contributed by atoms with van der Waals surface area (Å²) in [6.07, 6.45) is -4.93. The minimum absolute atomic E-state index is 0.0628. The van der Waals surface area contributed by atoms with E-state index in [1.165, 1.54) is 0 Å². The molecule has 0 saturated carbocycles. The lowest BCUT2D eigenvalue weighted by Crippen LogP contribution is -2.45. The molecule has 0 aliphatic rings. The van der Waals surface area contributed by atoms with Crippen molar-refractivity contribution in [2.45, 2.75) is 20.0 Å². The third-order valence-corrected chi connectivity index (χ3v) is 2.26. The number of amides is 1. The molecular weight excluding hydrogens is 291 g/mol. The molecule has 0 aromatic carbocycles. The zero-order chi connectivity index (χ0) is 12.9. The highest BCUT2D eigenvalue weighted by Crippen LogP contribution is 2.19. The summed E-state index contributed by atoms with van der Waals surface area (Å²) in [5, 5.41) is -0.0628. The van der Waals surface area contributed by atoms with Gasteiger partial charge in [-0.25, -0.2) is 0 Å². The average molecular weight is 304 g/mol. The number of nitrogens with zero attached hydrogens (tertiary/aromatic N) is 1. The molecule has 0 radical (unpaired) electrons. The first-order valence-corrected chi connectivity index (χ1v) is 5.74. The van der Waals surface area contributed by atoms with Crippen LogP contribution in [0.15, 0.2) is 0 Å². The summed E-state index contributed by atoms with van der Waals surface area (Å²) in [4.78, 5) is 22.5. The van der Waals surface area contributed by atoms with E-state index in [0.29, 0.717) is 4.90 Å². The SMILES string of the molecule is CC(C)CN(CC(=O)CBr)C(=O)C(F)(F)F. The standard InChI is InChI=1S/C9H13BrF3NO2/c1-6(2)4-14(5-7(15)3-10)8(16)9(11,12)13/h6H,3-5H2,1-2H3. The fraction of sp³-hybridized carbons (Fsp3) is 0.778. The number of Topliss-reactive ketones (excluding diaryl/α,β-unsaturated/α-hetero) is 1. The second kappa shape index (κ2) is 6.22. The molecule has 1 amide bonds. The molecule has 0 heterocycles. The van der Waals surface area contributed by atoms with Crippen LogP contribution in [0, 0.1) is 5.92 Å². The molecule has 7 heteroatoms. The Hall–Kier alpha value is -0.590. The molecule has 3 nitrogen and oxygen atoms in total. The van der Waals surface area contributed by atoms with Gasteiger partial charge in [-0.15, -0.1) is 0 Å². The molecular formula is C9H13BrF3NO2. The first-order valence-electron chi connectivity index (χ1n) is 4.62. The van der Waals surface area contributed by atoms with Crippen molar-refractivity contribution < 1.29 is 22.8 Å². The van der Waals surface area contributed by atoms with E-state index in [4.69, 9.17) is 0 Å². The number of halogens is 4. The lowest BCUT2D eigenvalue weighted by atomic mass is 10.2. The van der Waals surface area contributed by atoms with Crippen molar-refractivity contribution in [3.05, 3.63) is 0 Å². The number of ketones is 1. The van der Waals surface area contributed by atoms with E-state index in [-0.39, 0.29) is 17.8 Å². The number of rotatable bonds is 5. The topological polar surface area (TPSA) is 37.4 Å². The Morgan fingerprint density at radius 1 is 1.31 bits per heavy atom. The predicted molar refractivity (Wildman–Crippen MR) is 56.3 cm³/mol. The van der Waals surface area contributed by atoms with Crippen LogP contribution in [0.5, 0.6) is 0 Å². The Bertz CT molecular complexity index is 266. The van der Waals surface area contributed by atoms with E-state index in [9.17, 15) is 22.8 Å². The monoisotopic (exact) mass is 303 g/mol. The van der Waals surface area contributed by atoms with Crippen LogP contribution in [0.4, 0.5) is 13.2 Å². The van der Waals surface area contributed by atoms with Gasteiger partial charge in [0.2, 0.25) is 0 Å². The van der Waals surface area contributed by atoms with Gasteiger partial charge in [0, 0.05) is 6.54 Å². The van der Waals surface area contributed by atoms with E-state index < -0.39 is 24.4 Å². The molecule has 0 aromatic rings. The third-order valence-electron chi connectivity index (χ3n) is 1.63. The van der Waals surface area contributed by atoms with Crippen molar-refractivity contribution in [2.75, 3.05) is 18.4 Å². The van der Waals surface area contributed by atoms with Crippen molar-refractivity contribution in [3.63, 3.8) is 0 Å². The molecule has 16 heavy (non-hydrogen) atoms. The highest BCUT2D eigenvalue weighted by Gasteiger charge is 2.42. The van der Waals surface area contributed by atoms with E-state index in [2.05, 4.69) is 15.9 Å². The molecule has 0 saturated heterocycles. The van der Waals surface area contributed by atoms with E-state index in [0.717, 1.165) is 0 Å². The van der Waals surface area contributed by atoms with Crippen LogP contribution in [0.2, 0.25) is 0 Å². The first kappa shape index (κ1) is 15.4. The second-order valence-electron chi connectivity index (χ2n) is 3.75. The largest absolute Gasteiger partial charge is 0.471 e. The number of carbonyl (C=O) groups is 2. The Morgan fingerprint density at radius 3 is 2.12 bits per heavy atom. The van der Waals surface area contributed by atoms with Gasteiger partial charge in [-0.1, -0.05) is 29.8 Å². The van der Waals surface area contributed by atoms with Crippen molar-refractivity contribution in [2.24, 2.45) is 5.92 Å². The molecule has 0 bridgehead atoms. The van der Waals surface area contributed by atoms with Crippen molar-refractivity contribution in [3.8, 4) is 0 Å².